The summed E-state index contributed by atoms with van der Waals surface area (Å²) in [5, 5.41) is 12.1. The van der Waals surface area contributed by atoms with Crippen LogP contribution in [-0.4, -0.2) is 26.3 Å². The molecule has 1 heterocycles. The number of rotatable bonds is 6. The molecule has 1 unspecified atom stereocenters. The molecule has 3 aromatic carbocycles. The first-order chi connectivity index (χ1) is 14.6. The molecule has 7 heteroatoms. The lowest BCUT2D eigenvalue weighted by atomic mass is 10.1. The molecule has 0 saturated heterocycles. The first-order valence-electron chi connectivity index (χ1n) is 9.40. The van der Waals surface area contributed by atoms with Crippen LogP contribution in [0.15, 0.2) is 71.9 Å². The summed E-state index contributed by atoms with van der Waals surface area (Å²) in [7, 11) is 0. The molecule has 0 aliphatic rings. The van der Waals surface area contributed by atoms with E-state index in [0.717, 1.165) is 22.0 Å². The molecular formula is C23H19FN4OS. The van der Waals surface area contributed by atoms with E-state index < -0.39 is 0 Å². The fourth-order valence-electron chi connectivity index (χ4n) is 2.91. The van der Waals surface area contributed by atoms with Crippen molar-refractivity contribution < 1.29 is 9.18 Å². The topological polar surface area (TPSA) is 70.7 Å². The zero-order chi connectivity index (χ0) is 20.9. The van der Waals surface area contributed by atoms with Gasteiger partial charge in [0, 0.05) is 11.1 Å². The quantitative estimate of drug-likeness (QED) is 0.412. The lowest BCUT2D eigenvalue weighted by Gasteiger charge is -2.12. The van der Waals surface area contributed by atoms with Gasteiger partial charge in [0.25, 0.3) is 0 Å². The van der Waals surface area contributed by atoms with E-state index in [-0.39, 0.29) is 17.0 Å². The summed E-state index contributed by atoms with van der Waals surface area (Å²) < 4.78 is 13.0. The van der Waals surface area contributed by atoms with Crippen molar-refractivity contribution in [2.24, 2.45) is 0 Å². The van der Waals surface area contributed by atoms with Gasteiger partial charge >= 0.3 is 0 Å². The third kappa shape index (κ3) is 4.75. The second kappa shape index (κ2) is 8.92. The number of nitrogens with zero attached hydrogens (tertiary/aromatic N) is 2. The molecule has 0 radical (unpaired) electrons. The Morgan fingerprint density at radius 2 is 1.83 bits per heavy atom. The van der Waals surface area contributed by atoms with Crippen LogP contribution in [-0.2, 0) is 4.79 Å². The zero-order valence-electron chi connectivity index (χ0n) is 16.2. The summed E-state index contributed by atoms with van der Waals surface area (Å²) in [5.41, 5.74) is 1.63. The van der Waals surface area contributed by atoms with Crippen LogP contribution >= 0.6 is 11.8 Å². The van der Waals surface area contributed by atoms with Gasteiger partial charge in [-0.05, 0) is 42.1 Å². The summed E-state index contributed by atoms with van der Waals surface area (Å²) >= 11 is 1.27. The third-order valence-corrected chi connectivity index (χ3v) is 5.45. The van der Waals surface area contributed by atoms with Crippen molar-refractivity contribution in [3.8, 4) is 0 Å². The average molecular weight is 418 g/mol. The maximum atomic E-state index is 13.0. The Kier molecular flexibility index (Phi) is 5.90. The van der Waals surface area contributed by atoms with Crippen molar-refractivity contribution in [1.29, 1.82) is 0 Å². The minimum atomic E-state index is -0.381. The Labute approximate surface area is 177 Å². The van der Waals surface area contributed by atoms with Gasteiger partial charge in [0.05, 0.1) is 5.25 Å². The van der Waals surface area contributed by atoms with Crippen LogP contribution in [0.25, 0.3) is 22.9 Å². The summed E-state index contributed by atoms with van der Waals surface area (Å²) in [4.78, 5) is 17.0. The predicted octanol–water partition coefficient (Wildman–Crippen LogP) is 5.39. The Balaban J connectivity index is 1.39. The molecule has 150 valence electrons. The molecule has 1 aromatic heterocycles. The zero-order valence-corrected chi connectivity index (χ0v) is 17.0. The number of hydrogen-bond acceptors (Lipinski definition) is 4. The van der Waals surface area contributed by atoms with Crippen molar-refractivity contribution in [1.82, 2.24) is 15.2 Å². The molecule has 0 saturated carbocycles. The highest BCUT2D eigenvalue weighted by molar-refractivity contribution is 8.00. The molecular weight excluding hydrogens is 399 g/mol. The number of hydrogen-bond donors (Lipinski definition) is 2. The summed E-state index contributed by atoms with van der Waals surface area (Å²) in [6, 6.07) is 19.9. The lowest BCUT2D eigenvalue weighted by molar-refractivity contribution is -0.115. The highest BCUT2D eigenvalue weighted by Gasteiger charge is 2.17. The van der Waals surface area contributed by atoms with Crippen LogP contribution in [0.4, 0.5) is 10.1 Å². The van der Waals surface area contributed by atoms with Gasteiger partial charge in [-0.25, -0.2) is 9.37 Å². The second-order valence-electron chi connectivity index (χ2n) is 6.66. The smallest absolute Gasteiger partial charge is 0.237 e. The normalized spacial score (nSPS) is 12.3. The molecule has 0 spiro atoms. The molecule has 1 atom stereocenters. The molecule has 4 aromatic rings. The fourth-order valence-corrected chi connectivity index (χ4v) is 3.65. The highest BCUT2D eigenvalue weighted by Crippen LogP contribution is 2.25. The predicted molar refractivity (Wildman–Crippen MR) is 120 cm³/mol. The molecule has 0 aliphatic heterocycles. The van der Waals surface area contributed by atoms with Gasteiger partial charge in [-0.1, -0.05) is 66.4 Å². The second-order valence-corrected chi connectivity index (χ2v) is 7.97. The number of halogens is 1. The number of H-pyrrole nitrogens is 1. The first-order valence-corrected chi connectivity index (χ1v) is 10.3. The van der Waals surface area contributed by atoms with E-state index in [2.05, 4.69) is 20.5 Å². The number of anilines is 1. The molecule has 4 rings (SSSR count). The Bertz CT molecular complexity index is 1200. The van der Waals surface area contributed by atoms with Gasteiger partial charge in [0.15, 0.2) is 0 Å². The molecule has 5 nitrogen and oxygen atoms in total. The standard InChI is InChI=1S/C23H19FN4OS/c1-15(22(29)25-20-8-4-6-17-5-2-3-7-19(17)20)30-23-26-21(27-28-23)14-11-16-9-12-18(24)13-10-16/h2-15H,1H3,(H,25,29)(H,26,27,28)/b14-11+. The summed E-state index contributed by atoms with van der Waals surface area (Å²) in [6.07, 6.45) is 3.57. The molecule has 1 amide bonds. The van der Waals surface area contributed by atoms with E-state index in [0.29, 0.717) is 11.0 Å². The summed E-state index contributed by atoms with van der Waals surface area (Å²) in [6.45, 7) is 1.81. The van der Waals surface area contributed by atoms with E-state index in [1.807, 2.05) is 55.5 Å². The monoisotopic (exact) mass is 418 g/mol. The van der Waals surface area contributed by atoms with Crippen molar-refractivity contribution >= 4 is 46.3 Å². The van der Waals surface area contributed by atoms with E-state index in [1.165, 1.54) is 23.9 Å². The SMILES string of the molecule is CC(Sc1n[nH]c(/C=C/c2ccc(F)cc2)n1)C(=O)Nc1cccc2ccccc12. The van der Waals surface area contributed by atoms with Crippen LogP contribution in [0.5, 0.6) is 0 Å². The minimum absolute atomic E-state index is 0.121. The average Bonchev–Trinajstić information content (AvgIpc) is 3.21. The van der Waals surface area contributed by atoms with Crippen molar-refractivity contribution in [3.05, 3.63) is 83.9 Å². The Morgan fingerprint density at radius 3 is 2.67 bits per heavy atom. The number of nitrogens with one attached hydrogen (secondary N) is 2. The lowest BCUT2D eigenvalue weighted by Crippen LogP contribution is -2.22. The van der Waals surface area contributed by atoms with Gasteiger partial charge < -0.3 is 5.32 Å². The van der Waals surface area contributed by atoms with Crippen LogP contribution in [0.2, 0.25) is 0 Å². The van der Waals surface area contributed by atoms with Gasteiger partial charge in [0.1, 0.15) is 11.6 Å². The molecule has 30 heavy (non-hydrogen) atoms. The van der Waals surface area contributed by atoms with Crippen LogP contribution < -0.4 is 5.32 Å². The summed E-state index contributed by atoms with van der Waals surface area (Å²) in [5.74, 6) is 0.161. The van der Waals surface area contributed by atoms with Gasteiger partial charge in [-0.2, -0.15) is 0 Å². The van der Waals surface area contributed by atoms with E-state index in [4.69, 9.17) is 0 Å². The molecule has 2 N–H and O–H groups in total. The fraction of sp³-hybridized carbons (Fsp3) is 0.0870. The largest absolute Gasteiger partial charge is 0.325 e. The Morgan fingerprint density at radius 1 is 1.07 bits per heavy atom. The van der Waals surface area contributed by atoms with E-state index >= 15 is 0 Å². The maximum absolute atomic E-state index is 13.0. The third-order valence-electron chi connectivity index (χ3n) is 4.48. The molecule has 0 fully saturated rings. The number of aromatic amines is 1. The van der Waals surface area contributed by atoms with Crippen molar-refractivity contribution in [2.45, 2.75) is 17.3 Å². The first kappa shape index (κ1) is 19.8. The van der Waals surface area contributed by atoms with Gasteiger partial charge in [-0.3, -0.25) is 9.89 Å². The number of carbonyl (C=O) groups excluding carboxylic acids is 1. The minimum Gasteiger partial charge on any atom is -0.325 e. The number of amides is 1. The van der Waals surface area contributed by atoms with Gasteiger partial charge in [0.2, 0.25) is 11.1 Å². The molecule has 0 bridgehead atoms. The van der Waals surface area contributed by atoms with E-state index in [9.17, 15) is 9.18 Å². The number of benzene rings is 3. The van der Waals surface area contributed by atoms with Crippen LogP contribution in [0.1, 0.15) is 18.3 Å². The Hall–Kier alpha value is -3.45. The number of thioether (sulfide) groups is 1. The van der Waals surface area contributed by atoms with Crippen LogP contribution in [0, 0.1) is 5.82 Å². The molecule has 0 aliphatic carbocycles. The van der Waals surface area contributed by atoms with Crippen LogP contribution in [0.3, 0.4) is 0 Å². The van der Waals surface area contributed by atoms with E-state index in [1.54, 1.807) is 18.2 Å². The van der Waals surface area contributed by atoms with Crippen molar-refractivity contribution in [3.63, 3.8) is 0 Å². The van der Waals surface area contributed by atoms with Crippen molar-refractivity contribution in [2.75, 3.05) is 5.32 Å². The highest BCUT2D eigenvalue weighted by atomic mass is 32.2. The number of fused-ring (bicyclic) bond motifs is 1. The number of aromatic nitrogens is 3. The van der Waals surface area contributed by atoms with Gasteiger partial charge in [-0.15, -0.1) is 5.10 Å². The number of carbonyl (C=O) groups is 1. The maximum Gasteiger partial charge on any atom is 0.237 e.